The van der Waals surface area contributed by atoms with Gasteiger partial charge in [-0.2, -0.15) is 5.26 Å². The lowest BCUT2D eigenvalue weighted by atomic mass is 10.2. The van der Waals surface area contributed by atoms with Crippen LogP contribution in [0.4, 0.5) is 0 Å². The summed E-state index contributed by atoms with van der Waals surface area (Å²) in [7, 11) is 0. The molecule has 0 radical (unpaired) electrons. The lowest BCUT2D eigenvalue weighted by Crippen LogP contribution is -2.07. The van der Waals surface area contributed by atoms with E-state index < -0.39 is 0 Å². The Morgan fingerprint density at radius 1 is 1.47 bits per heavy atom. The number of rotatable bonds is 4. The predicted octanol–water partition coefficient (Wildman–Crippen LogP) is 3.57. The Bertz CT molecular complexity index is 613. The van der Waals surface area contributed by atoms with Crippen LogP contribution in [0.25, 0.3) is 0 Å². The van der Waals surface area contributed by atoms with E-state index >= 15 is 0 Å². The van der Waals surface area contributed by atoms with E-state index in [4.69, 9.17) is 21.6 Å². The van der Waals surface area contributed by atoms with E-state index in [2.05, 4.69) is 18.8 Å². The van der Waals surface area contributed by atoms with Gasteiger partial charge in [0.25, 0.3) is 0 Å². The van der Waals surface area contributed by atoms with Crippen LogP contribution in [0.15, 0.2) is 30.7 Å². The van der Waals surface area contributed by atoms with E-state index in [-0.39, 0.29) is 0 Å². The van der Waals surface area contributed by atoms with Crippen molar-refractivity contribution in [3.05, 3.63) is 47.0 Å². The largest absolute Gasteiger partial charge is 0.487 e. The number of nitrogens with zero attached hydrogens (tertiary/aromatic N) is 3. The van der Waals surface area contributed by atoms with Crippen molar-refractivity contribution in [3.63, 3.8) is 0 Å². The minimum absolute atomic E-state index is 0.339. The summed E-state index contributed by atoms with van der Waals surface area (Å²) in [5, 5.41) is 9.20. The normalized spacial score (nSPS) is 10.5. The van der Waals surface area contributed by atoms with Gasteiger partial charge in [-0.25, -0.2) is 4.98 Å². The molecule has 4 nitrogen and oxygen atoms in total. The molecule has 0 aliphatic heterocycles. The monoisotopic (exact) mass is 275 g/mol. The van der Waals surface area contributed by atoms with Crippen molar-refractivity contribution in [2.45, 2.75) is 26.5 Å². The van der Waals surface area contributed by atoms with Gasteiger partial charge in [-0.05, 0) is 26.0 Å². The molecule has 0 atom stereocenters. The Morgan fingerprint density at radius 2 is 2.26 bits per heavy atom. The van der Waals surface area contributed by atoms with Crippen molar-refractivity contribution >= 4 is 11.6 Å². The highest BCUT2D eigenvalue weighted by Crippen LogP contribution is 2.22. The molecule has 0 spiro atoms. The lowest BCUT2D eigenvalue weighted by molar-refractivity contribution is 0.292. The molecule has 0 saturated carbocycles. The third-order valence-electron chi connectivity index (χ3n) is 2.75. The van der Waals surface area contributed by atoms with Gasteiger partial charge in [-0.3, -0.25) is 0 Å². The van der Waals surface area contributed by atoms with E-state index in [9.17, 15) is 0 Å². The van der Waals surface area contributed by atoms with Crippen LogP contribution in [0.1, 0.15) is 31.1 Å². The van der Waals surface area contributed by atoms with E-state index in [0.29, 0.717) is 29.0 Å². The average Bonchev–Trinajstić information content (AvgIpc) is 2.85. The van der Waals surface area contributed by atoms with Gasteiger partial charge < -0.3 is 9.30 Å². The van der Waals surface area contributed by atoms with Crippen LogP contribution in [0.2, 0.25) is 5.02 Å². The van der Waals surface area contributed by atoms with Gasteiger partial charge >= 0.3 is 0 Å². The van der Waals surface area contributed by atoms with Gasteiger partial charge in [-0.1, -0.05) is 11.6 Å². The Hall–Kier alpha value is -1.99. The first kappa shape index (κ1) is 13.4. The summed E-state index contributed by atoms with van der Waals surface area (Å²) in [6.45, 7) is 4.59. The molecule has 0 amide bonds. The second kappa shape index (κ2) is 5.77. The second-order valence-electron chi connectivity index (χ2n) is 4.43. The van der Waals surface area contributed by atoms with E-state index in [1.54, 1.807) is 30.7 Å². The molecule has 1 aromatic carbocycles. The number of benzene rings is 1. The van der Waals surface area contributed by atoms with Gasteiger partial charge in [-0.15, -0.1) is 0 Å². The molecule has 5 heteroatoms. The lowest BCUT2D eigenvalue weighted by Gasteiger charge is -2.12. The highest BCUT2D eigenvalue weighted by atomic mass is 35.5. The first-order valence-electron chi connectivity index (χ1n) is 5.95. The molecule has 0 unspecified atom stereocenters. The number of imidazole rings is 1. The molecular formula is C14H14ClN3O. The highest BCUT2D eigenvalue weighted by Gasteiger charge is 2.07. The van der Waals surface area contributed by atoms with Crippen molar-refractivity contribution in [1.82, 2.24) is 9.55 Å². The number of halogens is 1. The quantitative estimate of drug-likeness (QED) is 0.857. The fourth-order valence-corrected chi connectivity index (χ4v) is 1.96. The minimum Gasteiger partial charge on any atom is -0.487 e. The smallest absolute Gasteiger partial charge is 0.130 e. The number of ether oxygens (including phenoxy) is 1. The molecule has 1 heterocycles. The van der Waals surface area contributed by atoms with Crippen LogP contribution < -0.4 is 4.74 Å². The van der Waals surface area contributed by atoms with Crippen molar-refractivity contribution in [2.24, 2.45) is 0 Å². The molecule has 2 rings (SSSR count). The van der Waals surface area contributed by atoms with Crippen LogP contribution in [0.5, 0.6) is 5.75 Å². The zero-order chi connectivity index (χ0) is 13.8. The third-order valence-corrected chi connectivity index (χ3v) is 3.06. The van der Waals surface area contributed by atoms with Gasteiger partial charge in [0.1, 0.15) is 18.4 Å². The van der Waals surface area contributed by atoms with Gasteiger partial charge in [0.2, 0.25) is 0 Å². The Balaban J connectivity index is 2.09. The maximum Gasteiger partial charge on any atom is 0.130 e. The number of hydrogen-bond acceptors (Lipinski definition) is 3. The number of aromatic nitrogens is 2. The Kier molecular flexibility index (Phi) is 4.08. The summed E-state index contributed by atoms with van der Waals surface area (Å²) in [6, 6.07) is 7.39. The van der Waals surface area contributed by atoms with Crippen LogP contribution in [0.3, 0.4) is 0 Å². The molecule has 19 heavy (non-hydrogen) atoms. The Labute approximate surface area is 117 Å². The highest BCUT2D eigenvalue weighted by molar-refractivity contribution is 6.31. The maximum atomic E-state index is 8.80. The second-order valence-corrected chi connectivity index (χ2v) is 4.84. The van der Waals surface area contributed by atoms with Crippen LogP contribution in [-0.4, -0.2) is 9.55 Å². The van der Waals surface area contributed by atoms with Crippen molar-refractivity contribution in [3.8, 4) is 11.8 Å². The molecule has 0 N–H and O–H groups in total. The SMILES string of the molecule is CC(C)n1cncc1COc1ccc(C#N)c(Cl)c1. The first-order valence-corrected chi connectivity index (χ1v) is 6.32. The molecule has 0 bridgehead atoms. The zero-order valence-electron chi connectivity index (χ0n) is 10.8. The molecule has 0 aliphatic rings. The van der Waals surface area contributed by atoms with Crippen molar-refractivity contribution in [2.75, 3.05) is 0 Å². The first-order chi connectivity index (χ1) is 9.11. The fraction of sp³-hybridized carbons (Fsp3) is 0.286. The fourth-order valence-electron chi connectivity index (χ4n) is 1.74. The van der Waals surface area contributed by atoms with Gasteiger partial charge in [0.15, 0.2) is 0 Å². The van der Waals surface area contributed by atoms with E-state index in [0.717, 1.165) is 5.69 Å². The average molecular weight is 276 g/mol. The van der Waals surface area contributed by atoms with Crippen LogP contribution in [-0.2, 0) is 6.61 Å². The molecule has 0 saturated heterocycles. The molecule has 0 fully saturated rings. The molecule has 98 valence electrons. The number of hydrogen-bond donors (Lipinski definition) is 0. The van der Waals surface area contributed by atoms with Crippen molar-refractivity contribution in [1.29, 1.82) is 5.26 Å². The summed E-state index contributed by atoms with van der Waals surface area (Å²) in [4.78, 5) is 4.11. The molecule has 0 aliphatic carbocycles. The summed E-state index contributed by atoms with van der Waals surface area (Å²) in [6.07, 6.45) is 3.57. The van der Waals surface area contributed by atoms with Gasteiger partial charge in [0.05, 0.1) is 28.8 Å². The van der Waals surface area contributed by atoms with Crippen LogP contribution in [0, 0.1) is 11.3 Å². The van der Waals surface area contributed by atoms with E-state index in [1.165, 1.54) is 0 Å². The summed E-state index contributed by atoms with van der Waals surface area (Å²) in [5.74, 6) is 0.639. The summed E-state index contributed by atoms with van der Waals surface area (Å²) >= 11 is 5.95. The molecule has 2 aromatic rings. The van der Waals surface area contributed by atoms with Crippen molar-refractivity contribution < 1.29 is 4.74 Å². The van der Waals surface area contributed by atoms with E-state index in [1.807, 2.05) is 10.6 Å². The van der Waals surface area contributed by atoms with Gasteiger partial charge in [0, 0.05) is 12.1 Å². The Morgan fingerprint density at radius 3 is 2.89 bits per heavy atom. The minimum atomic E-state index is 0.339. The van der Waals surface area contributed by atoms with Crippen LogP contribution >= 0.6 is 11.6 Å². The summed E-state index contributed by atoms with van der Waals surface area (Å²) < 4.78 is 7.71. The maximum absolute atomic E-state index is 8.80. The third kappa shape index (κ3) is 3.07. The standard InChI is InChI=1S/C14H14ClN3O/c1-10(2)18-9-17-7-12(18)8-19-13-4-3-11(6-16)14(15)5-13/h3-5,7,9-10H,8H2,1-2H3. The molecule has 1 aromatic heterocycles. The predicted molar refractivity (Wildman–Crippen MR) is 73.1 cm³/mol. The topological polar surface area (TPSA) is 50.8 Å². The summed E-state index contributed by atoms with van der Waals surface area (Å²) in [5.41, 5.74) is 1.44. The number of nitriles is 1. The zero-order valence-corrected chi connectivity index (χ0v) is 11.6. The molecular weight excluding hydrogens is 262 g/mol.